The van der Waals surface area contributed by atoms with Gasteiger partial charge in [0.1, 0.15) is 5.60 Å². The van der Waals surface area contributed by atoms with E-state index in [2.05, 4.69) is 12.8 Å². The molecule has 1 aliphatic carbocycles. The minimum Gasteiger partial charge on any atom is -0.378 e. The van der Waals surface area contributed by atoms with E-state index in [1.54, 1.807) is 6.92 Å². The van der Waals surface area contributed by atoms with Gasteiger partial charge < -0.3 is 5.11 Å². The van der Waals surface area contributed by atoms with E-state index in [-0.39, 0.29) is 0 Å². The van der Waals surface area contributed by atoms with Crippen LogP contribution in [-0.4, -0.2) is 10.7 Å². The van der Waals surface area contributed by atoms with Crippen LogP contribution in [0.5, 0.6) is 0 Å². The monoisotopic (exact) mass is 152 g/mol. The molecule has 1 saturated carbocycles. The quantitative estimate of drug-likeness (QED) is 0.568. The Morgan fingerprint density at radius 3 is 2.55 bits per heavy atom. The molecule has 62 valence electrons. The predicted molar refractivity (Wildman–Crippen MR) is 46.0 cm³/mol. The van der Waals surface area contributed by atoms with Crippen molar-refractivity contribution in [3.8, 4) is 12.3 Å². The molecule has 0 radical (unpaired) electrons. The third-order valence-electron chi connectivity index (χ3n) is 2.88. The maximum Gasteiger partial charge on any atom is 0.125 e. The van der Waals surface area contributed by atoms with Crippen LogP contribution in [0.25, 0.3) is 0 Å². The van der Waals surface area contributed by atoms with E-state index >= 15 is 0 Å². The van der Waals surface area contributed by atoms with E-state index in [1.165, 1.54) is 12.8 Å². The van der Waals surface area contributed by atoms with E-state index in [1.807, 2.05) is 0 Å². The van der Waals surface area contributed by atoms with Gasteiger partial charge in [-0.2, -0.15) is 0 Å². The lowest BCUT2D eigenvalue weighted by atomic mass is 9.83. The SMILES string of the molecule is C#CC(C)(O)[C@H]1CCC[C@H]1C. The van der Waals surface area contributed by atoms with Crippen molar-refractivity contribution in [2.45, 2.75) is 38.7 Å². The first-order valence-corrected chi connectivity index (χ1v) is 4.28. The molecule has 0 bridgehead atoms. The van der Waals surface area contributed by atoms with Crippen molar-refractivity contribution >= 4 is 0 Å². The van der Waals surface area contributed by atoms with Crippen molar-refractivity contribution in [3.05, 3.63) is 0 Å². The standard InChI is InChI=1S/C10H16O/c1-4-10(3,11)9-7-5-6-8(9)2/h1,8-9,11H,5-7H2,2-3H3/t8-,9+,10?/m1/s1. The summed E-state index contributed by atoms with van der Waals surface area (Å²) in [6.45, 7) is 3.92. The van der Waals surface area contributed by atoms with Gasteiger partial charge in [-0.3, -0.25) is 0 Å². The Kier molecular flexibility index (Phi) is 2.25. The van der Waals surface area contributed by atoms with Crippen molar-refractivity contribution in [1.29, 1.82) is 0 Å². The lowest BCUT2D eigenvalue weighted by molar-refractivity contribution is 0.0405. The summed E-state index contributed by atoms with van der Waals surface area (Å²) in [6, 6.07) is 0. The van der Waals surface area contributed by atoms with E-state index in [0.29, 0.717) is 11.8 Å². The molecule has 1 fully saturated rings. The third kappa shape index (κ3) is 1.57. The molecule has 0 spiro atoms. The van der Waals surface area contributed by atoms with Crippen molar-refractivity contribution in [2.24, 2.45) is 11.8 Å². The molecule has 3 atom stereocenters. The van der Waals surface area contributed by atoms with E-state index in [9.17, 15) is 5.11 Å². The van der Waals surface area contributed by atoms with Gasteiger partial charge in [-0.05, 0) is 19.3 Å². The fraction of sp³-hybridized carbons (Fsp3) is 0.800. The Bertz CT molecular complexity index is 176. The molecule has 0 aromatic rings. The first kappa shape index (κ1) is 8.62. The zero-order chi connectivity index (χ0) is 8.48. The summed E-state index contributed by atoms with van der Waals surface area (Å²) in [5.74, 6) is 3.37. The molecule has 1 unspecified atom stereocenters. The Balaban J connectivity index is 2.68. The highest BCUT2D eigenvalue weighted by Crippen LogP contribution is 2.38. The zero-order valence-electron chi connectivity index (χ0n) is 7.30. The summed E-state index contributed by atoms with van der Waals surface area (Å²) >= 11 is 0. The Hall–Kier alpha value is -0.480. The van der Waals surface area contributed by atoms with E-state index in [0.717, 1.165) is 6.42 Å². The third-order valence-corrected chi connectivity index (χ3v) is 2.88. The highest BCUT2D eigenvalue weighted by atomic mass is 16.3. The molecule has 1 N–H and O–H groups in total. The van der Waals surface area contributed by atoms with E-state index in [4.69, 9.17) is 6.42 Å². The van der Waals surface area contributed by atoms with Crippen LogP contribution < -0.4 is 0 Å². The molecule has 11 heavy (non-hydrogen) atoms. The van der Waals surface area contributed by atoms with Crippen LogP contribution >= 0.6 is 0 Å². The lowest BCUT2D eigenvalue weighted by Gasteiger charge is -2.27. The minimum atomic E-state index is -0.879. The van der Waals surface area contributed by atoms with Crippen molar-refractivity contribution < 1.29 is 5.11 Å². The average Bonchev–Trinajstić information content (AvgIpc) is 2.36. The molecule has 1 heteroatoms. The van der Waals surface area contributed by atoms with Gasteiger partial charge in [0, 0.05) is 5.92 Å². The molecular weight excluding hydrogens is 136 g/mol. The highest BCUT2D eigenvalue weighted by Gasteiger charge is 2.36. The second-order valence-electron chi connectivity index (χ2n) is 3.81. The topological polar surface area (TPSA) is 20.2 Å². The second kappa shape index (κ2) is 2.87. The Morgan fingerprint density at radius 1 is 1.55 bits per heavy atom. The summed E-state index contributed by atoms with van der Waals surface area (Å²) in [4.78, 5) is 0. The maximum absolute atomic E-state index is 9.76. The molecule has 0 aliphatic heterocycles. The van der Waals surface area contributed by atoms with Gasteiger partial charge in [-0.1, -0.05) is 25.7 Å². The van der Waals surface area contributed by atoms with Gasteiger partial charge in [0.2, 0.25) is 0 Å². The normalized spacial score (nSPS) is 36.2. The minimum absolute atomic E-state index is 0.312. The molecule has 1 aliphatic rings. The average molecular weight is 152 g/mol. The molecule has 0 aromatic carbocycles. The van der Waals surface area contributed by atoms with Crippen LogP contribution in [0, 0.1) is 24.2 Å². The molecule has 0 aromatic heterocycles. The molecule has 1 nitrogen and oxygen atoms in total. The first-order valence-electron chi connectivity index (χ1n) is 4.28. The van der Waals surface area contributed by atoms with Crippen LogP contribution in [-0.2, 0) is 0 Å². The van der Waals surface area contributed by atoms with Gasteiger partial charge >= 0.3 is 0 Å². The predicted octanol–water partition coefficient (Wildman–Crippen LogP) is 1.81. The Morgan fingerprint density at radius 2 is 2.18 bits per heavy atom. The summed E-state index contributed by atoms with van der Waals surface area (Å²) in [6.07, 6.45) is 8.75. The molecule has 0 amide bonds. The van der Waals surface area contributed by atoms with Gasteiger partial charge in [0.25, 0.3) is 0 Å². The van der Waals surface area contributed by atoms with Crippen LogP contribution in [0.4, 0.5) is 0 Å². The van der Waals surface area contributed by atoms with Gasteiger partial charge in [0.05, 0.1) is 0 Å². The summed E-state index contributed by atoms with van der Waals surface area (Å²) < 4.78 is 0. The van der Waals surface area contributed by atoms with E-state index < -0.39 is 5.60 Å². The molecule has 0 saturated heterocycles. The van der Waals surface area contributed by atoms with Crippen LogP contribution in [0.2, 0.25) is 0 Å². The molecule has 0 heterocycles. The van der Waals surface area contributed by atoms with Gasteiger partial charge in [-0.15, -0.1) is 6.42 Å². The van der Waals surface area contributed by atoms with Crippen molar-refractivity contribution in [2.75, 3.05) is 0 Å². The summed E-state index contributed by atoms with van der Waals surface area (Å²) in [5.41, 5.74) is -0.879. The van der Waals surface area contributed by atoms with Crippen molar-refractivity contribution in [3.63, 3.8) is 0 Å². The van der Waals surface area contributed by atoms with Crippen molar-refractivity contribution in [1.82, 2.24) is 0 Å². The summed E-state index contributed by atoms with van der Waals surface area (Å²) in [7, 11) is 0. The summed E-state index contributed by atoms with van der Waals surface area (Å²) in [5, 5.41) is 9.76. The van der Waals surface area contributed by atoms with Crippen LogP contribution in [0.1, 0.15) is 33.1 Å². The van der Waals surface area contributed by atoms with Gasteiger partial charge in [0.15, 0.2) is 0 Å². The zero-order valence-corrected chi connectivity index (χ0v) is 7.30. The smallest absolute Gasteiger partial charge is 0.125 e. The molecule has 1 rings (SSSR count). The number of rotatable bonds is 1. The Labute approximate surface area is 68.8 Å². The second-order valence-corrected chi connectivity index (χ2v) is 3.81. The number of terminal acetylenes is 1. The number of hydrogen-bond donors (Lipinski definition) is 1. The fourth-order valence-corrected chi connectivity index (χ4v) is 2.09. The largest absolute Gasteiger partial charge is 0.378 e. The number of aliphatic hydroxyl groups is 1. The lowest BCUT2D eigenvalue weighted by Crippen LogP contribution is -2.34. The number of hydrogen-bond acceptors (Lipinski definition) is 1. The van der Waals surface area contributed by atoms with Crippen LogP contribution in [0.15, 0.2) is 0 Å². The maximum atomic E-state index is 9.76. The van der Waals surface area contributed by atoms with Crippen LogP contribution in [0.3, 0.4) is 0 Å². The first-order chi connectivity index (χ1) is 5.08. The van der Waals surface area contributed by atoms with Gasteiger partial charge in [-0.25, -0.2) is 0 Å². The highest BCUT2D eigenvalue weighted by molar-refractivity contribution is 5.09. The fourth-order valence-electron chi connectivity index (χ4n) is 2.09. The molecular formula is C10H16O.